The molecule has 0 fully saturated rings. The number of benzene rings is 1. The van der Waals surface area contributed by atoms with Crippen molar-refractivity contribution >= 4 is 17.7 Å². The first-order valence-corrected chi connectivity index (χ1v) is 7.19. The Morgan fingerprint density at radius 3 is 2.45 bits per heavy atom. The average Bonchev–Trinajstić information content (AvgIpc) is 2.37. The number of nitrogens with one attached hydrogen (secondary N) is 1. The zero-order valence-corrected chi connectivity index (χ0v) is 12.6. The lowest BCUT2D eigenvalue weighted by Gasteiger charge is -2.24. The highest BCUT2D eigenvalue weighted by Crippen LogP contribution is 2.25. The number of esters is 1. The number of ether oxygens (including phenoxy) is 1. The molecule has 0 spiro atoms. The number of hydrogen-bond acceptors (Lipinski definition) is 4. The van der Waals surface area contributed by atoms with Gasteiger partial charge in [-0.15, -0.1) is 0 Å². The minimum atomic E-state index is -2.42. The Hall–Kier alpha value is -1.14. The molecule has 0 saturated heterocycles. The van der Waals surface area contributed by atoms with Crippen molar-refractivity contribution in [1.82, 2.24) is 5.32 Å². The third kappa shape index (κ3) is 5.46. The standard InChI is InChI=1S/C14H19F2NO2S/c1-4-19-12(18)14(2,3)17-9-10-5-7-11(8-6-10)20-13(15)16/h5-8,13,17H,4,9H2,1-3H3. The van der Waals surface area contributed by atoms with Crippen molar-refractivity contribution in [3.05, 3.63) is 29.8 Å². The van der Waals surface area contributed by atoms with Crippen molar-refractivity contribution < 1.29 is 18.3 Å². The van der Waals surface area contributed by atoms with Gasteiger partial charge in [-0.3, -0.25) is 10.1 Å². The molecule has 0 bridgehead atoms. The summed E-state index contributed by atoms with van der Waals surface area (Å²) in [5.41, 5.74) is 0.132. The molecule has 0 unspecified atom stereocenters. The largest absolute Gasteiger partial charge is 0.465 e. The second kappa shape index (κ2) is 7.59. The zero-order chi connectivity index (χ0) is 15.2. The number of thioether (sulfide) groups is 1. The van der Waals surface area contributed by atoms with Gasteiger partial charge < -0.3 is 4.74 Å². The summed E-state index contributed by atoms with van der Waals surface area (Å²) in [4.78, 5) is 12.2. The van der Waals surface area contributed by atoms with E-state index in [1.165, 1.54) is 0 Å². The van der Waals surface area contributed by atoms with E-state index < -0.39 is 11.3 Å². The van der Waals surface area contributed by atoms with Crippen molar-refractivity contribution in [3.63, 3.8) is 0 Å². The normalized spacial score (nSPS) is 11.7. The van der Waals surface area contributed by atoms with E-state index >= 15 is 0 Å². The van der Waals surface area contributed by atoms with E-state index in [1.54, 1.807) is 45.0 Å². The van der Waals surface area contributed by atoms with E-state index in [2.05, 4.69) is 5.32 Å². The lowest BCUT2D eigenvalue weighted by atomic mass is 10.1. The zero-order valence-electron chi connectivity index (χ0n) is 11.8. The predicted molar refractivity (Wildman–Crippen MR) is 75.9 cm³/mol. The lowest BCUT2D eigenvalue weighted by Crippen LogP contribution is -2.47. The molecule has 1 aromatic rings. The number of carbonyl (C=O) groups excluding carboxylic acids is 1. The summed E-state index contributed by atoms with van der Waals surface area (Å²) in [5.74, 6) is -2.73. The molecule has 0 heterocycles. The molecule has 112 valence electrons. The Kier molecular flexibility index (Phi) is 6.42. The van der Waals surface area contributed by atoms with Crippen LogP contribution < -0.4 is 5.32 Å². The van der Waals surface area contributed by atoms with E-state index in [-0.39, 0.29) is 5.97 Å². The van der Waals surface area contributed by atoms with Crippen molar-refractivity contribution in [2.45, 2.75) is 43.5 Å². The van der Waals surface area contributed by atoms with Gasteiger partial charge >= 0.3 is 5.97 Å². The molecule has 0 aromatic heterocycles. The minimum Gasteiger partial charge on any atom is -0.465 e. The molecule has 1 aromatic carbocycles. The van der Waals surface area contributed by atoms with Gasteiger partial charge in [-0.05, 0) is 38.5 Å². The maximum atomic E-state index is 12.2. The van der Waals surface area contributed by atoms with E-state index in [9.17, 15) is 13.6 Å². The van der Waals surface area contributed by atoms with Gasteiger partial charge in [0.1, 0.15) is 5.54 Å². The van der Waals surface area contributed by atoms with Crippen LogP contribution in [-0.2, 0) is 16.1 Å². The molecule has 0 amide bonds. The molecule has 0 saturated carbocycles. The number of hydrogen-bond donors (Lipinski definition) is 1. The smallest absolute Gasteiger partial charge is 0.325 e. The fourth-order valence-corrected chi connectivity index (χ4v) is 1.99. The summed E-state index contributed by atoms with van der Waals surface area (Å²) in [5, 5.41) is 3.09. The Morgan fingerprint density at radius 2 is 1.95 bits per heavy atom. The van der Waals surface area contributed by atoms with E-state index in [0.717, 1.165) is 5.56 Å². The molecule has 0 aliphatic heterocycles. The molecule has 0 aliphatic carbocycles. The highest BCUT2D eigenvalue weighted by atomic mass is 32.2. The van der Waals surface area contributed by atoms with Crippen LogP contribution in [0.25, 0.3) is 0 Å². The second-order valence-corrected chi connectivity index (χ2v) is 5.78. The van der Waals surface area contributed by atoms with Crippen LogP contribution in [-0.4, -0.2) is 23.9 Å². The Labute approximate surface area is 122 Å². The van der Waals surface area contributed by atoms with Crippen LogP contribution in [0.5, 0.6) is 0 Å². The number of alkyl halides is 2. The maximum Gasteiger partial charge on any atom is 0.325 e. The summed E-state index contributed by atoms with van der Waals surface area (Å²) < 4.78 is 29.3. The van der Waals surface area contributed by atoms with Crippen LogP contribution in [0.1, 0.15) is 26.3 Å². The second-order valence-electron chi connectivity index (χ2n) is 4.72. The molecular formula is C14H19F2NO2S. The summed E-state index contributed by atoms with van der Waals surface area (Å²) in [7, 11) is 0. The van der Waals surface area contributed by atoms with E-state index in [0.29, 0.717) is 29.8 Å². The summed E-state index contributed by atoms with van der Waals surface area (Å²) >= 11 is 0.514. The van der Waals surface area contributed by atoms with Crippen LogP contribution in [0.4, 0.5) is 8.78 Å². The fourth-order valence-electron chi connectivity index (χ4n) is 1.50. The predicted octanol–water partition coefficient (Wildman–Crippen LogP) is 3.43. The minimum absolute atomic E-state index is 0.315. The van der Waals surface area contributed by atoms with Crippen LogP contribution in [0.3, 0.4) is 0 Å². The van der Waals surface area contributed by atoms with E-state index in [4.69, 9.17) is 4.74 Å². The molecule has 0 atom stereocenters. The van der Waals surface area contributed by atoms with Gasteiger partial charge in [-0.25, -0.2) is 0 Å². The van der Waals surface area contributed by atoms with E-state index in [1.807, 2.05) is 0 Å². The van der Waals surface area contributed by atoms with Gasteiger partial charge in [-0.2, -0.15) is 8.78 Å². The van der Waals surface area contributed by atoms with Crippen LogP contribution >= 0.6 is 11.8 Å². The molecule has 3 nitrogen and oxygen atoms in total. The van der Waals surface area contributed by atoms with Gasteiger partial charge in [0.2, 0.25) is 0 Å². The van der Waals surface area contributed by atoms with Crippen molar-refractivity contribution in [3.8, 4) is 0 Å². The monoisotopic (exact) mass is 303 g/mol. The van der Waals surface area contributed by atoms with Crippen molar-refractivity contribution in [2.24, 2.45) is 0 Å². The Balaban J connectivity index is 2.55. The first-order valence-electron chi connectivity index (χ1n) is 6.31. The maximum absolute atomic E-state index is 12.2. The molecule has 0 radical (unpaired) electrons. The summed E-state index contributed by atoms with van der Waals surface area (Å²) in [6.45, 7) is 6.04. The Morgan fingerprint density at radius 1 is 1.35 bits per heavy atom. The van der Waals surface area contributed by atoms with Gasteiger partial charge in [-0.1, -0.05) is 23.9 Å². The van der Waals surface area contributed by atoms with Gasteiger partial charge in [0, 0.05) is 11.4 Å². The molecule has 0 aliphatic rings. The average molecular weight is 303 g/mol. The third-order valence-electron chi connectivity index (χ3n) is 2.67. The first kappa shape index (κ1) is 16.9. The molecule has 1 rings (SSSR count). The van der Waals surface area contributed by atoms with Gasteiger partial charge in [0.05, 0.1) is 6.61 Å². The highest BCUT2D eigenvalue weighted by Gasteiger charge is 2.28. The SMILES string of the molecule is CCOC(=O)C(C)(C)NCc1ccc(SC(F)F)cc1. The molecule has 1 N–H and O–H groups in total. The van der Waals surface area contributed by atoms with Crippen LogP contribution in [0, 0.1) is 0 Å². The van der Waals surface area contributed by atoms with Crippen LogP contribution in [0.15, 0.2) is 29.2 Å². The van der Waals surface area contributed by atoms with Crippen molar-refractivity contribution in [2.75, 3.05) is 6.61 Å². The highest BCUT2D eigenvalue weighted by molar-refractivity contribution is 7.99. The number of halogens is 2. The summed E-state index contributed by atoms with van der Waals surface area (Å²) in [6, 6.07) is 6.81. The first-order chi connectivity index (χ1) is 9.35. The third-order valence-corrected chi connectivity index (χ3v) is 3.39. The van der Waals surface area contributed by atoms with Gasteiger partial charge in [0.15, 0.2) is 0 Å². The van der Waals surface area contributed by atoms with Gasteiger partial charge in [0.25, 0.3) is 5.76 Å². The summed E-state index contributed by atoms with van der Waals surface area (Å²) in [6.07, 6.45) is 0. The number of carbonyl (C=O) groups is 1. The Bertz CT molecular complexity index is 435. The van der Waals surface area contributed by atoms with Crippen LogP contribution in [0.2, 0.25) is 0 Å². The molecular weight excluding hydrogens is 284 g/mol. The number of rotatable bonds is 7. The lowest BCUT2D eigenvalue weighted by molar-refractivity contribution is -0.149. The molecule has 20 heavy (non-hydrogen) atoms. The van der Waals surface area contributed by atoms with Crippen molar-refractivity contribution in [1.29, 1.82) is 0 Å². The fraction of sp³-hybridized carbons (Fsp3) is 0.500. The quantitative estimate of drug-likeness (QED) is 0.618. The molecule has 6 heteroatoms. The topological polar surface area (TPSA) is 38.3 Å².